The number of rotatable bonds is 4. The van der Waals surface area contributed by atoms with Crippen LogP contribution in [0.25, 0.3) is 0 Å². The van der Waals surface area contributed by atoms with Crippen molar-refractivity contribution in [1.82, 2.24) is 0 Å². The van der Waals surface area contributed by atoms with Crippen molar-refractivity contribution in [3.05, 3.63) is 34.9 Å². The molecule has 8 radical (unpaired) electrons. The van der Waals surface area contributed by atoms with Crippen LogP contribution in [0.15, 0.2) is 18.2 Å². The summed E-state index contributed by atoms with van der Waals surface area (Å²) in [6.45, 7) is 14.5. The van der Waals surface area contributed by atoms with Crippen LogP contribution in [0.4, 0.5) is 0 Å². The van der Waals surface area contributed by atoms with E-state index in [4.69, 9.17) is 31.4 Å². The number of hydrogen-bond acceptors (Lipinski definition) is 0. The van der Waals surface area contributed by atoms with E-state index in [0.29, 0.717) is 0 Å². The highest BCUT2D eigenvalue weighted by molar-refractivity contribution is 6.41. The van der Waals surface area contributed by atoms with Gasteiger partial charge in [-0.3, -0.25) is 0 Å². The first-order valence-corrected chi connectivity index (χ1v) is 8.04. The average Bonchev–Trinajstić information content (AvgIpc) is 2.36. The lowest BCUT2D eigenvalue weighted by Crippen LogP contribution is -2.41. The van der Waals surface area contributed by atoms with Gasteiger partial charge < -0.3 is 0 Å². The van der Waals surface area contributed by atoms with Crippen LogP contribution in [0.2, 0.25) is 0 Å². The first kappa shape index (κ1) is 19.5. The van der Waals surface area contributed by atoms with E-state index in [-0.39, 0.29) is 17.3 Å². The molecule has 0 saturated carbocycles. The van der Waals surface area contributed by atoms with Crippen molar-refractivity contribution in [2.24, 2.45) is 11.8 Å². The summed E-state index contributed by atoms with van der Waals surface area (Å²) >= 11 is 0. The Kier molecular flexibility index (Phi) is 5.48. The van der Waals surface area contributed by atoms with Crippen LogP contribution in [0.1, 0.15) is 65.2 Å². The summed E-state index contributed by atoms with van der Waals surface area (Å²) in [4.78, 5) is 0. The van der Waals surface area contributed by atoms with Gasteiger partial charge in [-0.15, -0.1) is 0 Å². The third kappa shape index (κ3) is 3.52. The highest BCUT2D eigenvalue weighted by Gasteiger charge is 2.35. The minimum atomic E-state index is -0.925. The smallest absolute Gasteiger partial charge is 0.0686 e. The van der Waals surface area contributed by atoms with E-state index in [0.717, 1.165) is 16.7 Å². The van der Waals surface area contributed by atoms with Crippen molar-refractivity contribution < 1.29 is 0 Å². The van der Waals surface area contributed by atoms with Crippen molar-refractivity contribution in [3.8, 4) is 0 Å². The lowest BCUT2D eigenvalue weighted by atomic mass is 9.41. The topological polar surface area (TPSA) is 0 Å². The summed E-state index contributed by atoms with van der Waals surface area (Å²) in [6, 6.07) is 5.95. The second kappa shape index (κ2) is 6.17. The normalized spacial score (nSPS) is 13.9. The highest BCUT2D eigenvalue weighted by Crippen LogP contribution is 2.41. The van der Waals surface area contributed by atoms with Crippen molar-refractivity contribution in [2.75, 3.05) is 0 Å². The van der Waals surface area contributed by atoms with Crippen LogP contribution in [0, 0.1) is 11.8 Å². The molecule has 0 nitrogen and oxygen atoms in total. The molecule has 22 heavy (non-hydrogen) atoms. The molecule has 1 rings (SSSR count). The summed E-state index contributed by atoms with van der Waals surface area (Å²) in [7, 11) is 25.9. The van der Waals surface area contributed by atoms with Crippen molar-refractivity contribution in [2.45, 2.75) is 64.3 Å². The Labute approximate surface area is 142 Å². The Balaban J connectivity index is 3.78. The zero-order valence-electron chi connectivity index (χ0n) is 15.2. The Morgan fingerprint density at radius 3 is 1.27 bits per heavy atom. The molecule has 0 fully saturated rings. The van der Waals surface area contributed by atoms with Gasteiger partial charge in [0.25, 0.3) is 0 Å². The van der Waals surface area contributed by atoms with Gasteiger partial charge in [-0.05, 0) is 11.0 Å². The molecule has 0 spiro atoms. The fourth-order valence-electron chi connectivity index (χ4n) is 2.70. The third-order valence-corrected chi connectivity index (χ3v) is 4.66. The molecule has 110 valence electrons. The molecule has 0 saturated heterocycles. The minimum Gasteiger partial charge on any atom is -0.0730 e. The van der Waals surface area contributed by atoms with E-state index in [1.165, 1.54) is 0 Å². The maximum Gasteiger partial charge on any atom is 0.0686 e. The molecule has 0 aliphatic rings. The SMILES string of the molecule is [B]C([B])(c1cccc(C([B])([B])C(C)C)c1C(C)(C)C)C(C)C. The van der Waals surface area contributed by atoms with Crippen molar-refractivity contribution >= 4 is 31.4 Å². The van der Waals surface area contributed by atoms with E-state index < -0.39 is 10.4 Å². The molecule has 0 amide bonds. The lowest BCUT2D eigenvalue weighted by Gasteiger charge is -2.42. The fraction of sp³-hybridized carbons (Fsp3) is 0.667. The molecule has 0 heterocycles. The summed E-state index contributed by atoms with van der Waals surface area (Å²) in [5.74, 6) is 0.181. The monoisotopic (exact) mass is 286 g/mol. The first-order valence-electron chi connectivity index (χ1n) is 8.04. The maximum atomic E-state index is 6.46. The molecule has 1 aromatic carbocycles. The van der Waals surface area contributed by atoms with E-state index in [2.05, 4.69) is 20.8 Å². The van der Waals surface area contributed by atoms with Gasteiger partial charge in [0.1, 0.15) is 0 Å². The first-order chi connectivity index (χ1) is 9.74. The van der Waals surface area contributed by atoms with Crippen LogP contribution in [0.5, 0.6) is 0 Å². The molecule has 0 bridgehead atoms. The van der Waals surface area contributed by atoms with Gasteiger partial charge >= 0.3 is 0 Å². The largest absolute Gasteiger partial charge is 0.0730 e. The molecule has 0 aliphatic heterocycles. The van der Waals surface area contributed by atoms with Crippen LogP contribution in [-0.2, 0) is 15.8 Å². The molecule has 0 aromatic heterocycles. The molecule has 1 aromatic rings. The summed E-state index contributed by atoms with van der Waals surface area (Å²) in [5.41, 5.74) is 2.75. The standard InChI is InChI=1S/C18H26B4/c1-11(2)17(19,20)13-9-8-10-14(15(13)16(5,6)7)18(21,22)12(3)4/h8-12H,1-7H3. The molecular formula is C18H26B4. The molecule has 0 N–H and O–H groups in total. The molecule has 0 unspecified atom stereocenters. The molecule has 4 heteroatoms. The Bertz CT molecular complexity index is 484. The highest BCUT2D eigenvalue weighted by atomic mass is 14.3. The Morgan fingerprint density at radius 1 is 0.727 bits per heavy atom. The quantitative estimate of drug-likeness (QED) is 0.745. The predicted octanol–water partition coefficient (Wildman–Crippen LogP) is 3.28. The van der Waals surface area contributed by atoms with E-state index >= 15 is 0 Å². The molecule has 0 aliphatic carbocycles. The van der Waals surface area contributed by atoms with Gasteiger partial charge in [0.2, 0.25) is 0 Å². The zero-order chi connectivity index (χ0) is 17.5. The fourth-order valence-corrected chi connectivity index (χ4v) is 2.70. The maximum absolute atomic E-state index is 6.46. The van der Waals surface area contributed by atoms with Gasteiger partial charge in [-0.2, -0.15) is 0 Å². The number of hydrogen-bond donors (Lipinski definition) is 0. The van der Waals surface area contributed by atoms with Crippen LogP contribution in [-0.4, -0.2) is 31.4 Å². The van der Waals surface area contributed by atoms with Crippen molar-refractivity contribution in [3.63, 3.8) is 0 Å². The summed E-state index contributed by atoms with van der Waals surface area (Å²) in [5, 5.41) is -1.85. The molecular weight excluding hydrogens is 259 g/mol. The van der Waals surface area contributed by atoms with Crippen LogP contribution in [0.3, 0.4) is 0 Å². The van der Waals surface area contributed by atoms with E-state index in [1.807, 2.05) is 45.9 Å². The minimum absolute atomic E-state index is 0.0906. The average molecular weight is 286 g/mol. The van der Waals surface area contributed by atoms with Gasteiger partial charge in [-0.25, -0.2) is 0 Å². The van der Waals surface area contributed by atoms with Gasteiger partial charge in [0.05, 0.1) is 31.4 Å². The second-order valence-corrected chi connectivity index (χ2v) is 8.15. The molecule has 0 atom stereocenters. The van der Waals surface area contributed by atoms with Gasteiger partial charge in [0.15, 0.2) is 0 Å². The Hall–Kier alpha value is -0.520. The summed E-state index contributed by atoms with van der Waals surface area (Å²) in [6.07, 6.45) is 0. The number of benzene rings is 1. The lowest BCUT2D eigenvalue weighted by molar-refractivity contribution is 0.508. The van der Waals surface area contributed by atoms with Gasteiger partial charge in [-0.1, -0.05) is 100 Å². The third-order valence-electron chi connectivity index (χ3n) is 4.66. The van der Waals surface area contributed by atoms with Crippen LogP contribution >= 0.6 is 0 Å². The second-order valence-electron chi connectivity index (χ2n) is 8.15. The van der Waals surface area contributed by atoms with E-state index in [1.54, 1.807) is 0 Å². The van der Waals surface area contributed by atoms with Crippen molar-refractivity contribution in [1.29, 1.82) is 0 Å². The Morgan fingerprint density at radius 2 is 1.05 bits per heavy atom. The van der Waals surface area contributed by atoms with E-state index in [9.17, 15) is 0 Å². The van der Waals surface area contributed by atoms with Crippen LogP contribution < -0.4 is 0 Å². The zero-order valence-corrected chi connectivity index (χ0v) is 15.2. The predicted molar refractivity (Wildman–Crippen MR) is 101 cm³/mol. The summed E-state index contributed by atoms with van der Waals surface area (Å²) < 4.78 is 0. The van der Waals surface area contributed by atoms with Gasteiger partial charge in [0, 0.05) is 0 Å².